The number of nitrogens with one attached hydrogen (secondary N) is 3. The number of piperazine rings is 1. The van der Waals surface area contributed by atoms with Crippen LogP contribution in [0.3, 0.4) is 0 Å². The summed E-state index contributed by atoms with van der Waals surface area (Å²) < 4.78 is 7.25. The van der Waals surface area contributed by atoms with Gasteiger partial charge in [0.25, 0.3) is 0 Å². The van der Waals surface area contributed by atoms with Crippen molar-refractivity contribution in [2.24, 2.45) is 0 Å². The number of carbonyl (C=O) groups is 1. The van der Waals surface area contributed by atoms with Crippen LogP contribution in [0, 0.1) is 0 Å². The number of benzene rings is 2. The van der Waals surface area contributed by atoms with E-state index in [4.69, 9.17) is 4.74 Å². The van der Waals surface area contributed by atoms with E-state index in [1.807, 2.05) is 30.3 Å². The van der Waals surface area contributed by atoms with Crippen molar-refractivity contribution in [2.75, 3.05) is 55.9 Å². The molecule has 2 aromatic heterocycles. The van der Waals surface area contributed by atoms with E-state index in [9.17, 15) is 9.59 Å². The van der Waals surface area contributed by atoms with Crippen LogP contribution in [0.1, 0.15) is 25.3 Å². The maximum atomic E-state index is 12.9. The number of H-pyrrole nitrogens is 1. The Bertz CT molecular complexity index is 1600. The Morgan fingerprint density at radius 1 is 1.12 bits per heavy atom. The van der Waals surface area contributed by atoms with Crippen molar-refractivity contribution in [3.8, 4) is 11.4 Å². The van der Waals surface area contributed by atoms with E-state index in [0.717, 1.165) is 31.9 Å². The summed E-state index contributed by atoms with van der Waals surface area (Å²) in [6.45, 7) is 11.3. The largest absolute Gasteiger partial charge is 0.494 e. The van der Waals surface area contributed by atoms with Gasteiger partial charge in [0.2, 0.25) is 11.9 Å². The van der Waals surface area contributed by atoms with Crippen LogP contribution in [-0.4, -0.2) is 70.7 Å². The van der Waals surface area contributed by atoms with Crippen molar-refractivity contribution < 1.29 is 9.53 Å². The normalized spacial score (nSPS) is 14.0. The van der Waals surface area contributed by atoms with Crippen molar-refractivity contribution in [1.29, 1.82) is 0 Å². The predicted molar refractivity (Wildman–Crippen MR) is 158 cm³/mol. The topological polar surface area (TPSA) is 120 Å². The second kappa shape index (κ2) is 11.2. The van der Waals surface area contributed by atoms with Crippen molar-refractivity contribution in [3.63, 3.8) is 0 Å². The summed E-state index contributed by atoms with van der Waals surface area (Å²) in [5.41, 5.74) is 4.56. The standard InChI is InChI=1S/C29H34N8O3/c1-6-26(38)31-21-15-22(25(40-5)16-24(21)36-13-11-35(4)12-14-36)32-28-30-17-23-27(34-28)37(29(39)33-23)20-9-7-19(8-10-20)18(2)3/h6-10,15-18H,1,11-14H2,2-5H3,(H,31,38)(H,33,39)(H,30,32,34). The molecule has 1 amide bonds. The Kier molecular flexibility index (Phi) is 7.56. The minimum absolute atomic E-state index is 0.269. The van der Waals surface area contributed by atoms with Crippen LogP contribution in [0.15, 0.2) is 60.0 Å². The van der Waals surface area contributed by atoms with Gasteiger partial charge in [-0.15, -0.1) is 0 Å². The number of nitrogens with zero attached hydrogens (tertiary/aromatic N) is 5. The predicted octanol–water partition coefficient (Wildman–Crippen LogP) is 3.86. The summed E-state index contributed by atoms with van der Waals surface area (Å²) in [4.78, 5) is 41.5. The zero-order valence-corrected chi connectivity index (χ0v) is 23.2. The van der Waals surface area contributed by atoms with Crippen molar-refractivity contribution in [1.82, 2.24) is 24.4 Å². The van der Waals surface area contributed by atoms with Gasteiger partial charge in [-0.25, -0.2) is 14.3 Å². The third-order valence-corrected chi connectivity index (χ3v) is 7.09. The Hall–Kier alpha value is -4.64. The number of carbonyl (C=O) groups excluding carboxylic acids is 1. The first-order valence-corrected chi connectivity index (χ1v) is 13.2. The van der Waals surface area contributed by atoms with Gasteiger partial charge in [-0.3, -0.25) is 4.79 Å². The van der Waals surface area contributed by atoms with Crippen LogP contribution < -0.4 is 26.0 Å². The van der Waals surface area contributed by atoms with Crippen LogP contribution in [-0.2, 0) is 4.79 Å². The Morgan fingerprint density at radius 3 is 2.50 bits per heavy atom. The SMILES string of the molecule is C=CC(=O)Nc1cc(Nc2ncc3[nH]c(=O)n(-c4ccc(C(C)C)cc4)c3n2)c(OC)cc1N1CCN(C)CC1. The van der Waals surface area contributed by atoms with Crippen molar-refractivity contribution >= 4 is 40.1 Å². The molecule has 3 heterocycles. The fourth-order valence-electron chi connectivity index (χ4n) is 4.76. The number of aromatic nitrogens is 4. The lowest BCUT2D eigenvalue weighted by Crippen LogP contribution is -2.44. The third-order valence-electron chi connectivity index (χ3n) is 7.09. The monoisotopic (exact) mass is 542 g/mol. The molecule has 0 saturated carbocycles. The molecule has 0 unspecified atom stereocenters. The fourth-order valence-corrected chi connectivity index (χ4v) is 4.76. The summed E-state index contributed by atoms with van der Waals surface area (Å²) in [7, 11) is 3.68. The lowest BCUT2D eigenvalue weighted by Gasteiger charge is -2.35. The molecular weight excluding hydrogens is 508 g/mol. The second-order valence-corrected chi connectivity index (χ2v) is 10.1. The molecule has 0 bridgehead atoms. The van der Waals surface area contributed by atoms with Crippen LogP contribution in [0.2, 0.25) is 0 Å². The average molecular weight is 543 g/mol. The summed E-state index contributed by atoms with van der Waals surface area (Å²) in [6, 6.07) is 11.5. The molecule has 2 aromatic carbocycles. The Balaban J connectivity index is 1.53. The van der Waals surface area contributed by atoms with Gasteiger partial charge in [-0.05, 0) is 42.8 Å². The van der Waals surface area contributed by atoms with Gasteiger partial charge < -0.3 is 30.2 Å². The van der Waals surface area contributed by atoms with Crippen LogP contribution in [0.5, 0.6) is 5.75 Å². The van der Waals surface area contributed by atoms with Gasteiger partial charge in [0.1, 0.15) is 11.3 Å². The molecule has 40 heavy (non-hydrogen) atoms. The second-order valence-electron chi connectivity index (χ2n) is 10.1. The highest BCUT2D eigenvalue weighted by atomic mass is 16.5. The van der Waals surface area contributed by atoms with E-state index in [0.29, 0.717) is 39.9 Å². The molecule has 1 saturated heterocycles. The summed E-state index contributed by atoms with van der Waals surface area (Å²) in [5, 5.41) is 6.14. The highest BCUT2D eigenvalue weighted by molar-refractivity contribution is 6.02. The zero-order chi connectivity index (χ0) is 28.4. The van der Waals surface area contributed by atoms with E-state index in [1.165, 1.54) is 16.2 Å². The molecule has 1 aliphatic rings. The molecule has 208 valence electrons. The van der Waals surface area contributed by atoms with Crippen molar-refractivity contribution in [2.45, 2.75) is 19.8 Å². The number of imidazole rings is 1. The van der Waals surface area contributed by atoms with E-state index in [2.05, 4.69) is 62.9 Å². The molecule has 0 aliphatic carbocycles. The Labute approximate surface area is 232 Å². The summed E-state index contributed by atoms with van der Waals surface area (Å²) >= 11 is 0. The number of hydrogen-bond donors (Lipinski definition) is 3. The minimum Gasteiger partial charge on any atom is -0.494 e. The highest BCUT2D eigenvalue weighted by Gasteiger charge is 2.21. The molecule has 5 rings (SSSR count). The first-order valence-electron chi connectivity index (χ1n) is 13.2. The number of fused-ring (bicyclic) bond motifs is 1. The number of likely N-dealkylation sites (N-methyl/N-ethyl adjacent to an activating group) is 1. The van der Waals surface area contributed by atoms with E-state index in [1.54, 1.807) is 19.4 Å². The van der Waals surface area contributed by atoms with Gasteiger partial charge in [-0.1, -0.05) is 32.6 Å². The number of rotatable bonds is 8. The average Bonchev–Trinajstić information content (AvgIpc) is 3.28. The number of hydrogen-bond acceptors (Lipinski definition) is 8. The Morgan fingerprint density at radius 2 is 1.85 bits per heavy atom. The number of methoxy groups -OCH3 is 1. The molecule has 0 spiro atoms. The molecular formula is C29H34N8O3. The van der Waals surface area contributed by atoms with E-state index in [-0.39, 0.29) is 17.5 Å². The van der Waals surface area contributed by atoms with Gasteiger partial charge in [0, 0.05) is 32.2 Å². The molecule has 1 aliphatic heterocycles. The third kappa shape index (κ3) is 5.41. The maximum Gasteiger partial charge on any atom is 0.332 e. The highest BCUT2D eigenvalue weighted by Crippen LogP contribution is 2.38. The number of aromatic amines is 1. The number of ether oxygens (including phenoxy) is 1. The molecule has 1 fully saturated rings. The molecule has 3 N–H and O–H groups in total. The smallest absolute Gasteiger partial charge is 0.332 e. The number of amides is 1. The lowest BCUT2D eigenvalue weighted by atomic mass is 10.0. The van der Waals surface area contributed by atoms with Crippen LogP contribution >= 0.6 is 0 Å². The first kappa shape index (κ1) is 26.9. The molecule has 11 heteroatoms. The first-order chi connectivity index (χ1) is 19.3. The van der Waals surface area contributed by atoms with Gasteiger partial charge >= 0.3 is 5.69 Å². The fraction of sp³-hybridized carbons (Fsp3) is 0.310. The van der Waals surface area contributed by atoms with Gasteiger partial charge in [0.15, 0.2) is 5.65 Å². The molecule has 4 aromatic rings. The lowest BCUT2D eigenvalue weighted by molar-refractivity contribution is -0.111. The molecule has 0 atom stereocenters. The van der Waals surface area contributed by atoms with Crippen LogP contribution in [0.25, 0.3) is 16.9 Å². The minimum atomic E-state index is -0.316. The maximum absolute atomic E-state index is 12.9. The summed E-state index contributed by atoms with van der Waals surface area (Å²) in [6.07, 6.45) is 2.80. The number of anilines is 4. The van der Waals surface area contributed by atoms with E-state index < -0.39 is 0 Å². The van der Waals surface area contributed by atoms with Crippen LogP contribution in [0.4, 0.5) is 23.0 Å². The summed E-state index contributed by atoms with van der Waals surface area (Å²) in [5.74, 6) is 0.894. The zero-order valence-electron chi connectivity index (χ0n) is 23.2. The van der Waals surface area contributed by atoms with E-state index >= 15 is 0 Å². The quantitative estimate of drug-likeness (QED) is 0.287. The molecule has 11 nitrogen and oxygen atoms in total. The van der Waals surface area contributed by atoms with Gasteiger partial charge in [-0.2, -0.15) is 4.98 Å². The van der Waals surface area contributed by atoms with Gasteiger partial charge in [0.05, 0.1) is 36.1 Å². The van der Waals surface area contributed by atoms with Crippen molar-refractivity contribution in [3.05, 3.63) is 71.3 Å². The molecule has 0 radical (unpaired) electrons.